The predicted molar refractivity (Wildman–Crippen MR) is 119 cm³/mol. The number of benzene rings is 1. The molecule has 0 radical (unpaired) electrons. The molecule has 0 aliphatic rings. The molecule has 0 heterocycles. The highest BCUT2D eigenvalue weighted by molar-refractivity contribution is 5.91. The largest absolute Gasteiger partial charge is 0.461 e. The van der Waals surface area contributed by atoms with E-state index in [1.165, 1.54) is 4.90 Å². The molecule has 1 unspecified atom stereocenters. The van der Waals surface area contributed by atoms with Crippen molar-refractivity contribution in [3.63, 3.8) is 0 Å². The number of nitrogens with one attached hydrogen (secondary N) is 1. The second-order valence-electron chi connectivity index (χ2n) is 8.38. The summed E-state index contributed by atoms with van der Waals surface area (Å²) < 4.78 is 5.33. The first-order valence-corrected chi connectivity index (χ1v) is 10.9. The lowest BCUT2D eigenvalue weighted by atomic mass is 9.92. The molecule has 0 aromatic heterocycles. The number of esters is 1. The van der Waals surface area contributed by atoms with Crippen LogP contribution < -0.4 is 5.32 Å². The molecule has 7 nitrogen and oxygen atoms in total. The summed E-state index contributed by atoms with van der Waals surface area (Å²) in [6.07, 6.45) is 1.10. The standard InChI is InChI=1S/C24H36N2O5/c1-6-21(27)20(12-13-22(28)26(4)5)25-24(30)19(14-17(2)3)15-23(29)31-16-18-10-8-7-9-11-18/h7-11,17,19-20H,6,12-16H2,1-5H3,(H,25,30)/t19-,20?/m1/s1. The van der Waals surface area contributed by atoms with E-state index in [0.29, 0.717) is 6.42 Å². The molecule has 0 spiro atoms. The van der Waals surface area contributed by atoms with Crippen LogP contribution in [0.25, 0.3) is 0 Å². The summed E-state index contributed by atoms with van der Waals surface area (Å²) in [5.41, 5.74) is 0.875. The zero-order valence-electron chi connectivity index (χ0n) is 19.3. The van der Waals surface area contributed by atoms with Crippen molar-refractivity contribution in [3.05, 3.63) is 35.9 Å². The lowest BCUT2D eigenvalue weighted by Crippen LogP contribution is -2.44. The zero-order valence-corrected chi connectivity index (χ0v) is 19.3. The van der Waals surface area contributed by atoms with Crippen LogP contribution in [0.4, 0.5) is 0 Å². The Balaban J connectivity index is 2.75. The summed E-state index contributed by atoms with van der Waals surface area (Å²) in [6.45, 7) is 5.82. The van der Waals surface area contributed by atoms with Gasteiger partial charge >= 0.3 is 5.97 Å². The fourth-order valence-corrected chi connectivity index (χ4v) is 3.19. The van der Waals surface area contributed by atoms with Gasteiger partial charge in [0.1, 0.15) is 6.61 Å². The third-order valence-electron chi connectivity index (χ3n) is 4.98. The number of nitrogens with zero attached hydrogens (tertiary/aromatic N) is 1. The molecule has 1 aromatic carbocycles. The van der Waals surface area contributed by atoms with Gasteiger partial charge in [-0.2, -0.15) is 0 Å². The molecule has 2 atom stereocenters. The maximum absolute atomic E-state index is 12.9. The highest BCUT2D eigenvalue weighted by Gasteiger charge is 2.28. The van der Waals surface area contributed by atoms with Crippen molar-refractivity contribution in [2.45, 2.75) is 65.5 Å². The third-order valence-corrected chi connectivity index (χ3v) is 4.98. The van der Waals surface area contributed by atoms with Gasteiger partial charge < -0.3 is 15.0 Å². The Hall–Kier alpha value is -2.70. The number of rotatable bonds is 13. The van der Waals surface area contributed by atoms with Crippen LogP contribution in [0.1, 0.15) is 58.4 Å². The van der Waals surface area contributed by atoms with Crippen LogP contribution in [-0.4, -0.2) is 48.6 Å². The van der Waals surface area contributed by atoms with Crippen molar-refractivity contribution in [1.29, 1.82) is 0 Å². The fourth-order valence-electron chi connectivity index (χ4n) is 3.19. The Bertz CT molecular complexity index is 731. The van der Waals surface area contributed by atoms with Gasteiger partial charge in [-0.25, -0.2) is 0 Å². The van der Waals surface area contributed by atoms with E-state index in [4.69, 9.17) is 4.74 Å². The van der Waals surface area contributed by atoms with Gasteiger partial charge in [0, 0.05) is 32.9 Å². The summed E-state index contributed by atoms with van der Waals surface area (Å²) >= 11 is 0. The van der Waals surface area contributed by atoms with Crippen molar-refractivity contribution in [2.75, 3.05) is 14.1 Å². The van der Waals surface area contributed by atoms with E-state index in [1.807, 2.05) is 44.2 Å². The second-order valence-corrected chi connectivity index (χ2v) is 8.38. The number of Topliss-reactive ketones (excluding diaryl/α,β-unsaturated/α-hetero) is 1. The molecule has 0 saturated heterocycles. The van der Waals surface area contributed by atoms with Crippen molar-refractivity contribution >= 4 is 23.6 Å². The van der Waals surface area contributed by atoms with Crippen molar-refractivity contribution in [1.82, 2.24) is 10.2 Å². The van der Waals surface area contributed by atoms with E-state index in [1.54, 1.807) is 21.0 Å². The number of hydrogen-bond acceptors (Lipinski definition) is 5. The quantitative estimate of drug-likeness (QED) is 0.484. The van der Waals surface area contributed by atoms with E-state index < -0.39 is 17.9 Å². The van der Waals surface area contributed by atoms with E-state index >= 15 is 0 Å². The molecule has 2 amide bonds. The molecule has 7 heteroatoms. The minimum atomic E-state index is -0.739. The summed E-state index contributed by atoms with van der Waals surface area (Å²) in [6, 6.07) is 8.60. The van der Waals surface area contributed by atoms with Crippen LogP contribution in [0.15, 0.2) is 30.3 Å². The van der Waals surface area contributed by atoms with Gasteiger partial charge in [0.15, 0.2) is 5.78 Å². The number of ketones is 1. The van der Waals surface area contributed by atoms with E-state index in [2.05, 4.69) is 5.32 Å². The number of amides is 2. The van der Waals surface area contributed by atoms with Crippen LogP contribution >= 0.6 is 0 Å². The Morgan fingerprint density at radius 3 is 2.26 bits per heavy atom. The van der Waals surface area contributed by atoms with Gasteiger partial charge in [-0.05, 0) is 24.3 Å². The Labute approximate surface area is 185 Å². The maximum Gasteiger partial charge on any atom is 0.306 e. The van der Waals surface area contributed by atoms with Crippen molar-refractivity contribution in [3.8, 4) is 0 Å². The molecule has 1 rings (SSSR count). The van der Waals surface area contributed by atoms with Crippen LogP contribution in [0.3, 0.4) is 0 Å². The summed E-state index contributed by atoms with van der Waals surface area (Å²) in [4.78, 5) is 51.0. The van der Waals surface area contributed by atoms with Crippen LogP contribution in [0.2, 0.25) is 0 Å². The maximum atomic E-state index is 12.9. The summed E-state index contributed by atoms with van der Waals surface area (Å²) in [5.74, 6) is -1.45. The number of hydrogen-bond donors (Lipinski definition) is 1. The first-order chi connectivity index (χ1) is 14.6. The van der Waals surface area contributed by atoms with Gasteiger partial charge in [-0.1, -0.05) is 51.1 Å². The fraction of sp³-hybridized carbons (Fsp3) is 0.583. The van der Waals surface area contributed by atoms with E-state index in [9.17, 15) is 19.2 Å². The predicted octanol–water partition coefficient (Wildman–Crippen LogP) is 3.11. The highest BCUT2D eigenvalue weighted by Crippen LogP contribution is 2.18. The van der Waals surface area contributed by atoms with Gasteiger partial charge in [0.25, 0.3) is 0 Å². The summed E-state index contributed by atoms with van der Waals surface area (Å²) in [7, 11) is 3.30. The molecule has 31 heavy (non-hydrogen) atoms. The van der Waals surface area contributed by atoms with Gasteiger partial charge in [0.2, 0.25) is 11.8 Å². The van der Waals surface area contributed by atoms with Crippen molar-refractivity contribution < 1.29 is 23.9 Å². The van der Waals surface area contributed by atoms with Crippen molar-refractivity contribution in [2.24, 2.45) is 11.8 Å². The summed E-state index contributed by atoms with van der Waals surface area (Å²) in [5, 5.41) is 2.78. The normalized spacial score (nSPS) is 12.7. The van der Waals surface area contributed by atoms with Crippen LogP contribution in [-0.2, 0) is 30.5 Å². The average molecular weight is 433 g/mol. The smallest absolute Gasteiger partial charge is 0.306 e. The Morgan fingerprint density at radius 2 is 1.71 bits per heavy atom. The molecular formula is C24H36N2O5. The topological polar surface area (TPSA) is 92.8 Å². The molecule has 172 valence electrons. The van der Waals surface area contributed by atoms with Gasteiger partial charge in [-0.15, -0.1) is 0 Å². The number of ether oxygens (including phenoxy) is 1. The lowest BCUT2D eigenvalue weighted by molar-refractivity contribution is -0.148. The molecule has 0 fully saturated rings. The molecular weight excluding hydrogens is 396 g/mol. The van der Waals surface area contributed by atoms with Crippen LogP contribution in [0.5, 0.6) is 0 Å². The molecule has 0 aliphatic carbocycles. The first-order valence-electron chi connectivity index (χ1n) is 10.9. The van der Waals surface area contributed by atoms with E-state index in [0.717, 1.165) is 5.56 Å². The zero-order chi connectivity index (χ0) is 23.4. The third kappa shape index (κ3) is 10.2. The first kappa shape index (κ1) is 26.3. The molecule has 1 aromatic rings. The minimum Gasteiger partial charge on any atom is -0.461 e. The molecule has 0 aliphatic heterocycles. The number of carbonyl (C=O) groups excluding carboxylic acids is 4. The van der Waals surface area contributed by atoms with E-state index in [-0.39, 0.29) is 55.8 Å². The molecule has 1 N–H and O–H groups in total. The lowest BCUT2D eigenvalue weighted by Gasteiger charge is -2.23. The molecule has 0 bridgehead atoms. The average Bonchev–Trinajstić information content (AvgIpc) is 2.74. The highest BCUT2D eigenvalue weighted by atomic mass is 16.5. The Morgan fingerprint density at radius 1 is 1.06 bits per heavy atom. The molecule has 0 saturated carbocycles. The van der Waals surface area contributed by atoms with Gasteiger partial charge in [0.05, 0.1) is 12.5 Å². The SMILES string of the molecule is CCC(=O)C(CCC(=O)N(C)C)NC(=O)[C@@H](CC(=O)OCc1ccccc1)CC(C)C. The van der Waals surface area contributed by atoms with Gasteiger partial charge in [-0.3, -0.25) is 19.2 Å². The van der Waals surface area contributed by atoms with Crippen LogP contribution in [0, 0.1) is 11.8 Å². The second kappa shape index (κ2) is 13.6. The Kier molecular flexibility index (Phi) is 11.5. The number of carbonyl (C=O) groups is 4. The monoisotopic (exact) mass is 432 g/mol. The minimum absolute atomic E-state index is 0.0550.